The number of rotatable bonds is 12. The van der Waals surface area contributed by atoms with Gasteiger partial charge in [-0.25, -0.2) is 9.59 Å². The van der Waals surface area contributed by atoms with E-state index in [2.05, 4.69) is 0 Å². The first-order chi connectivity index (χ1) is 17.6. The molecule has 0 amide bonds. The Labute approximate surface area is 216 Å². The minimum Gasteiger partial charge on any atom is -0.491 e. The Morgan fingerprint density at radius 2 is 1.38 bits per heavy atom. The molecule has 2 aliphatic rings. The van der Waals surface area contributed by atoms with Crippen molar-refractivity contribution in [3.63, 3.8) is 0 Å². The summed E-state index contributed by atoms with van der Waals surface area (Å²) in [6.07, 6.45) is 3.27. The van der Waals surface area contributed by atoms with Gasteiger partial charge < -0.3 is 29.2 Å². The van der Waals surface area contributed by atoms with Crippen LogP contribution in [0.2, 0.25) is 0 Å². The molecule has 2 aromatic rings. The molecule has 196 valence electrons. The highest BCUT2D eigenvalue weighted by atomic mass is 16.6. The van der Waals surface area contributed by atoms with E-state index in [9.17, 15) is 19.8 Å². The van der Waals surface area contributed by atoms with Crippen molar-refractivity contribution in [2.24, 2.45) is 0 Å². The number of hydrogen-bond acceptors (Lipinski definition) is 6. The predicted octanol–water partition coefficient (Wildman–Crippen LogP) is 4.54. The highest BCUT2D eigenvalue weighted by Crippen LogP contribution is 2.40. The molecule has 2 N–H and O–H groups in total. The van der Waals surface area contributed by atoms with Crippen LogP contribution in [0.1, 0.15) is 49.9 Å². The van der Waals surface area contributed by atoms with E-state index in [1.165, 1.54) is 19.9 Å². The molecule has 8 heteroatoms. The third-order valence-corrected chi connectivity index (χ3v) is 6.56. The first-order valence-corrected chi connectivity index (χ1v) is 12.2. The van der Waals surface area contributed by atoms with Crippen LogP contribution in [-0.2, 0) is 24.5 Å². The molecule has 4 rings (SSSR count). The standard InChI is InChI=1S/C29H32O8/c1-17(27(30)31)11-23-24(12-18(2)28(32)33)26(37-16-22-15-36-22)10-9-25(23)29(3,4)19-5-7-20(8-6-19)34-13-21-14-35-21/h5-12,21-22H,13-16H2,1-4H3,(H,30,31)(H,32,33). The van der Waals surface area contributed by atoms with Crippen molar-refractivity contribution in [2.45, 2.75) is 45.3 Å². The molecule has 2 heterocycles. The molecule has 0 bridgehead atoms. The van der Waals surface area contributed by atoms with Crippen LogP contribution in [0, 0.1) is 0 Å². The quantitative estimate of drug-likeness (QED) is 0.317. The summed E-state index contributed by atoms with van der Waals surface area (Å²) in [6.45, 7) is 9.27. The fourth-order valence-electron chi connectivity index (χ4n) is 3.97. The molecule has 37 heavy (non-hydrogen) atoms. The van der Waals surface area contributed by atoms with Crippen molar-refractivity contribution >= 4 is 24.1 Å². The minimum absolute atomic E-state index is 0.000441. The van der Waals surface area contributed by atoms with E-state index in [-0.39, 0.29) is 23.4 Å². The van der Waals surface area contributed by atoms with Gasteiger partial charge in [0.2, 0.25) is 0 Å². The molecule has 0 aliphatic carbocycles. The number of epoxide rings is 2. The van der Waals surface area contributed by atoms with E-state index < -0.39 is 17.4 Å². The summed E-state index contributed by atoms with van der Waals surface area (Å²) in [4.78, 5) is 23.5. The monoisotopic (exact) mass is 508 g/mol. The Hall–Kier alpha value is -3.62. The highest BCUT2D eigenvalue weighted by Gasteiger charge is 2.30. The largest absolute Gasteiger partial charge is 0.491 e. The zero-order valence-electron chi connectivity index (χ0n) is 21.4. The second-order valence-corrected chi connectivity index (χ2v) is 9.89. The van der Waals surface area contributed by atoms with Crippen molar-refractivity contribution in [3.05, 3.63) is 69.8 Å². The van der Waals surface area contributed by atoms with Crippen LogP contribution in [0.4, 0.5) is 0 Å². The Kier molecular flexibility index (Phi) is 7.71. The maximum Gasteiger partial charge on any atom is 0.331 e. The van der Waals surface area contributed by atoms with E-state index >= 15 is 0 Å². The van der Waals surface area contributed by atoms with Gasteiger partial charge in [0.15, 0.2) is 0 Å². The third kappa shape index (κ3) is 6.58. The molecule has 8 nitrogen and oxygen atoms in total. The maximum absolute atomic E-state index is 11.8. The normalized spacial score (nSPS) is 19.4. The molecule has 2 saturated heterocycles. The van der Waals surface area contributed by atoms with E-state index in [4.69, 9.17) is 18.9 Å². The summed E-state index contributed by atoms with van der Waals surface area (Å²) in [5.41, 5.74) is 2.56. The average Bonchev–Trinajstić information content (AvgIpc) is 3.78. The summed E-state index contributed by atoms with van der Waals surface area (Å²) < 4.78 is 22.2. The molecular weight excluding hydrogens is 476 g/mol. The molecule has 2 atom stereocenters. The lowest BCUT2D eigenvalue weighted by atomic mass is 9.74. The first kappa shape index (κ1) is 26.4. The molecule has 2 aliphatic heterocycles. The van der Waals surface area contributed by atoms with Crippen LogP contribution >= 0.6 is 0 Å². The first-order valence-electron chi connectivity index (χ1n) is 12.2. The lowest BCUT2D eigenvalue weighted by Crippen LogP contribution is -2.21. The Morgan fingerprint density at radius 1 is 0.865 bits per heavy atom. The number of aliphatic carboxylic acids is 2. The van der Waals surface area contributed by atoms with Crippen LogP contribution in [0.25, 0.3) is 12.2 Å². The topological polar surface area (TPSA) is 118 Å². The highest BCUT2D eigenvalue weighted by molar-refractivity contribution is 5.96. The maximum atomic E-state index is 11.8. The summed E-state index contributed by atoms with van der Waals surface area (Å²) in [6, 6.07) is 11.5. The summed E-state index contributed by atoms with van der Waals surface area (Å²) in [5.74, 6) is -0.930. The van der Waals surface area contributed by atoms with Crippen molar-refractivity contribution < 1.29 is 38.7 Å². The molecule has 2 fully saturated rings. The van der Waals surface area contributed by atoms with Gasteiger partial charge in [-0.05, 0) is 60.9 Å². The van der Waals surface area contributed by atoms with Gasteiger partial charge in [0.25, 0.3) is 0 Å². The van der Waals surface area contributed by atoms with Gasteiger partial charge in [0, 0.05) is 22.1 Å². The van der Waals surface area contributed by atoms with E-state index in [0.29, 0.717) is 36.7 Å². The molecular formula is C29H32O8. The zero-order chi connectivity index (χ0) is 26.7. The van der Waals surface area contributed by atoms with Gasteiger partial charge in [-0.1, -0.05) is 32.0 Å². The summed E-state index contributed by atoms with van der Waals surface area (Å²) in [7, 11) is 0. The summed E-state index contributed by atoms with van der Waals surface area (Å²) in [5, 5.41) is 19.2. The number of carbonyl (C=O) groups is 2. The number of benzene rings is 2. The minimum atomic E-state index is -1.07. The van der Waals surface area contributed by atoms with Crippen LogP contribution in [0.15, 0.2) is 47.5 Å². The van der Waals surface area contributed by atoms with Gasteiger partial charge in [0.05, 0.1) is 13.2 Å². The summed E-state index contributed by atoms with van der Waals surface area (Å²) >= 11 is 0. The van der Waals surface area contributed by atoms with Crippen molar-refractivity contribution in [3.8, 4) is 11.5 Å². The number of carboxylic acid groups (broad SMARTS) is 2. The van der Waals surface area contributed by atoms with Gasteiger partial charge in [-0.3, -0.25) is 0 Å². The average molecular weight is 509 g/mol. The van der Waals surface area contributed by atoms with E-state index in [1.807, 2.05) is 44.2 Å². The Balaban J connectivity index is 1.81. The van der Waals surface area contributed by atoms with Crippen molar-refractivity contribution in [1.29, 1.82) is 0 Å². The van der Waals surface area contributed by atoms with Crippen LogP contribution in [-0.4, -0.2) is 60.8 Å². The fourth-order valence-corrected chi connectivity index (χ4v) is 3.97. The molecule has 0 radical (unpaired) electrons. The Bertz CT molecular complexity index is 1230. The van der Waals surface area contributed by atoms with E-state index in [0.717, 1.165) is 23.5 Å². The van der Waals surface area contributed by atoms with Crippen LogP contribution in [0.5, 0.6) is 11.5 Å². The molecule has 2 aromatic carbocycles. The SMILES string of the molecule is CC(=Cc1c(OCC2CO2)ccc(C(C)(C)c2ccc(OCC3CO3)cc2)c1C=C(C)C(=O)O)C(=O)O. The van der Waals surface area contributed by atoms with Crippen molar-refractivity contribution in [1.82, 2.24) is 0 Å². The number of ether oxygens (including phenoxy) is 4. The lowest BCUT2D eigenvalue weighted by molar-refractivity contribution is -0.133. The predicted molar refractivity (Wildman–Crippen MR) is 138 cm³/mol. The van der Waals surface area contributed by atoms with Gasteiger partial charge in [-0.2, -0.15) is 0 Å². The van der Waals surface area contributed by atoms with Gasteiger partial charge >= 0.3 is 11.9 Å². The fraction of sp³-hybridized carbons (Fsp3) is 0.379. The van der Waals surface area contributed by atoms with Crippen LogP contribution in [0.3, 0.4) is 0 Å². The molecule has 2 unspecified atom stereocenters. The van der Waals surface area contributed by atoms with Crippen LogP contribution < -0.4 is 9.47 Å². The van der Waals surface area contributed by atoms with E-state index in [1.54, 1.807) is 12.1 Å². The molecule has 0 aromatic heterocycles. The molecule has 0 spiro atoms. The number of carboxylic acids is 2. The number of hydrogen-bond donors (Lipinski definition) is 2. The second-order valence-electron chi connectivity index (χ2n) is 9.89. The van der Waals surface area contributed by atoms with Crippen molar-refractivity contribution in [2.75, 3.05) is 26.4 Å². The lowest BCUT2D eigenvalue weighted by Gasteiger charge is -2.30. The van der Waals surface area contributed by atoms with Gasteiger partial charge in [-0.15, -0.1) is 0 Å². The van der Waals surface area contributed by atoms with Gasteiger partial charge in [0.1, 0.15) is 36.9 Å². The molecule has 0 saturated carbocycles. The second kappa shape index (κ2) is 10.8. The third-order valence-electron chi connectivity index (χ3n) is 6.56. The zero-order valence-corrected chi connectivity index (χ0v) is 21.4. The smallest absolute Gasteiger partial charge is 0.331 e. The Morgan fingerprint density at radius 3 is 1.89 bits per heavy atom.